The van der Waals surface area contributed by atoms with Gasteiger partial charge in [0.15, 0.2) is 12.2 Å². The van der Waals surface area contributed by atoms with Crippen LogP contribution in [0.5, 0.6) is 0 Å². The number of carbonyl (C=O) groups excluding carboxylic acids is 4. The Kier molecular flexibility index (Phi) is 71.2. The molecule has 0 aromatic carbocycles. The minimum absolute atomic E-state index is 0.106. The summed E-state index contributed by atoms with van der Waals surface area (Å²) in [5, 5.41) is 10.6. The third kappa shape index (κ3) is 74.3. The van der Waals surface area contributed by atoms with Crippen LogP contribution >= 0.6 is 15.6 Å². The Balaban J connectivity index is 5.22. The van der Waals surface area contributed by atoms with Crippen molar-refractivity contribution >= 4 is 39.5 Å². The molecule has 0 aromatic heterocycles. The Morgan fingerprint density at radius 3 is 0.680 bits per heavy atom. The number of esters is 4. The number of aliphatic hydroxyl groups excluding tert-OH is 1. The van der Waals surface area contributed by atoms with Gasteiger partial charge in [0.05, 0.1) is 26.4 Å². The number of phosphoric acid groups is 2. The highest BCUT2D eigenvalue weighted by Gasteiger charge is 2.30. The van der Waals surface area contributed by atoms with Crippen LogP contribution in [0.2, 0.25) is 0 Å². The SMILES string of the molecule is CCCCCCCCCCCCCCCCCCC(=O)OC[C@H](COP(=O)(O)OC[C@@H](O)COP(=O)(O)OC[C@@H](COC(=O)CCCCCCCCCCCC)OC(=O)CCCCCCCCCCCCC(C)C)OC(=O)CCCCCCCCCCCCCCCCCCCCC(C)C. The summed E-state index contributed by atoms with van der Waals surface area (Å²) in [6, 6.07) is 0. The standard InChI is InChI=1S/C81H158O17P2/c1-7-9-11-13-15-17-19-20-21-27-30-33-40-46-52-58-64-79(84)92-70-77(97-80(85)65-59-53-47-41-34-31-28-25-23-22-24-26-29-32-37-43-49-55-61-73(3)4)72-96-100(89,90)94-68-75(82)67-93-99(87,88)95-71-76(69-91-78(83)63-57-51-45-39-18-16-14-12-10-8-2)98-81(86)66-60-54-48-42-36-35-38-44-50-56-62-74(5)6/h73-77,82H,7-72H2,1-6H3,(H,87,88)(H,89,90)/t75-,76+,77+/m0/s1. The molecular formula is C81H158O17P2. The van der Waals surface area contributed by atoms with Gasteiger partial charge in [-0.25, -0.2) is 9.13 Å². The number of ether oxygens (including phenoxy) is 4. The average Bonchev–Trinajstić information content (AvgIpc) is 0.921. The lowest BCUT2D eigenvalue weighted by Gasteiger charge is -2.21. The quantitative estimate of drug-likeness (QED) is 0.0222. The third-order valence-corrected chi connectivity index (χ3v) is 20.9. The summed E-state index contributed by atoms with van der Waals surface area (Å²) in [6.45, 7) is 9.65. The molecule has 0 rings (SSSR count). The van der Waals surface area contributed by atoms with Crippen LogP contribution in [0.3, 0.4) is 0 Å². The molecule has 0 bridgehead atoms. The lowest BCUT2D eigenvalue weighted by molar-refractivity contribution is -0.161. The topological polar surface area (TPSA) is 237 Å². The van der Waals surface area contributed by atoms with E-state index in [2.05, 4.69) is 41.5 Å². The second-order valence-electron chi connectivity index (χ2n) is 30.1. The van der Waals surface area contributed by atoms with Crippen LogP contribution in [0.1, 0.15) is 427 Å². The summed E-state index contributed by atoms with van der Waals surface area (Å²) in [5.74, 6) is -0.536. The summed E-state index contributed by atoms with van der Waals surface area (Å²) < 4.78 is 68.7. The van der Waals surface area contributed by atoms with Crippen molar-refractivity contribution in [3.05, 3.63) is 0 Å². The van der Waals surface area contributed by atoms with E-state index in [4.69, 9.17) is 37.0 Å². The van der Waals surface area contributed by atoms with Crippen LogP contribution in [0.25, 0.3) is 0 Å². The van der Waals surface area contributed by atoms with Crippen LogP contribution in [-0.4, -0.2) is 96.7 Å². The molecule has 19 heteroatoms. The summed E-state index contributed by atoms with van der Waals surface area (Å²) in [6.07, 6.45) is 62.4. The second-order valence-corrected chi connectivity index (χ2v) is 33.0. The molecule has 2 unspecified atom stereocenters. The van der Waals surface area contributed by atoms with Crippen molar-refractivity contribution in [3.8, 4) is 0 Å². The van der Waals surface area contributed by atoms with Crippen molar-refractivity contribution < 1.29 is 80.2 Å². The number of rotatable bonds is 80. The van der Waals surface area contributed by atoms with Crippen molar-refractivity contribution in [2.75, 3.05) is 39.6 Å². The van der Waals surface area contributed by atoms with Gasteiger partial charge in [-0.05, 0) is 37.5 Å². The zero-order chi connectivity index (χ0) is 73.5. The highest BCUT2D eigenvalue weighted by atomic mass is 31.2. The first-order valence-corrected chi connectivity index (χ1v) is 45.0. The van der Waals surface area contributed by atoms with E-state index in [0.29, 0.717) is 25.7 Å². The fraction of sp³-hybridized carbons (Fsp3) is 0.951. The molecule has 0 spiro atoms. The average molecular weight is 1470 g/mol. The van der Waals surface area contributed by atoms with Crippen LogP contribution in [0, 0.1) is 11.8 Å². The van der Waals surface area contributed by atoms with Gasteiger partial charge in [0, 0.05) is 25.7 Å². The summed E-state index contributed by atoms with van der Waals surface area (Å²) >= 11 is 0. The molecule has 3 N–H and O–H groups in total. The molecule has 0 heterocycles. The molecule has 0 saturated carbocycles. The maximum atomic E-state index is 13.1. The Hall–Kier alpha value is -1.94. The fourth-order valence-electron chi connectivity index (χ4n) is 12.5. The molecule has 5 atom stereocenters. The van der Waals surface area contributed by atoms with Gasteiger partial charge in [-0.2, -0.15) is 0 Å². The first-order valence-electron chi connectivity index (χ1n) is 42.0. The van der Waals surface area contributed by atoms with Gasteiger partial charge in [0.25, 0.3) is 0 Å². The van der Waals surface area contributed by atoms with Crippen LogP contribution in [-0.2, 0) is 65.4 Å². The molecular weight excluding hydrogens is 1310 g/mol. The summed E-state index contributed by atoms with van der Waals surface area (Å²) in [7, 11) is -9.92. The van der Waals surface area contributed by atoms with Crippen molar-refractivity contribution in [3.63, 3.8) is 0 Å². The van der Waals surface area contributed by atoms with E-state index >= 15 is 0 Å². The van der Waals surface area contributed by atoms with E-state index in [1.54, 1.807) is 0 Å². The Morgan fingerprint density at radius 1 is 0.270 bits per heavy atom. The molecule has 0 aliphatic rings. The molecule has 0 aliphatic carbocycles. The van der Waals surface area contributed by atoms with Crippen LogP contribution in [0.4, 0.5) is 0 Å². The van der Waals surface area contributed by atoms with Crippen molar-refractivity contribution in [1.29, 1.82) is 0 Å². The Morgan fingerprint density at radius 2 is 0.460 bits per heavy atom. The number of hydrogen-bond acceptors (Lipinski definition) is 15. The van der Waals surface area contributed by atoms with Crippen molar-refractivity contribution in [2.45, 2.75) is 445 Å². The Labute approximate surface area is 613 Å². The van der Waals surface area contributed by atoms with Crippen LogP contribution < -0.4 is 0 Å². The van der Waals surface area contributed by atoms with Gasteiger partial charge < -0.3 is 33.8 Å². The second kappa shape index (κ2) is 72.6. The summed E-state index contributed by atoms with van der Waals surface area (Å²) in [4.78, 5) is 73.0. The molecule has 594 valence electrons. The monoisotopic (exact) mass is 1470 g/mol. The molecule has 0 aliphatic heterocycles. The zero-order valence-corrected chi connectivity index (χ0v) is 67.3. The lowest BCUT2D eigenvalue weighted by Crippen LogP contribution is -2.30. The molecule has 0 fully saturated rings. The number of carbonyl (C=O) groups is 4. The Bertz CT molecular complexity index is 1920. The van der Waals surface area contributed by atoms with Crippen LogP contribution in [0.15, 0.2) is 0 Å². The highest BCUT2D eigenvalue weighted by Crippen LogP contribution is 2.45. The minimum atomic E-state index is -4.96. The molecule has 100 heavy (non-hydrogen) atoms. The van der Waals surface area contributed by atoms with Gasteiger partial charge in [-0.15, -0.1) is 0 Å². The maximum Gasteiger partial charge on any atom is 0.472 e. The lowest BCUT2D eigenvalue weighted by atomic mass is 10.0. The molecule has 0 saturated heterocycles. The molecule has 0 radical (unpaired) electrons. The number of unbranched alkanes of at least 4 members (excludes halogenated alkanes) is 50. The maximum absolute atomic E-state index is 13.1. The van der Waals surface area contributed by atoms with Gasteiger partial charge in [-0.1, -0.05) is 375 Å². The first-order chi connectivity index (χ1) is 48.4. The smallest absolute Gasteiger partial charge is 0.462 e. The molecule has 0 aromatic rings. The van der Waals surface area contributed by atoms with E-state index < -0.39 is 97.5 Å². The van der Waals surface area contributed by atoms with E-state index in [0.717, 1.165) is 102 Å². The molecule has 0 amide bonds. The number of phosphoric ester groups is 2. The molecule has 17 nitrogen and oxygen atoms in total. The predicted octanol–water partition coefficient (Wildman–Crippen LogP) is 24.3. The first kappa shape index (κ1) is 98.1. The normalized spacial score (nSPS) is 13.9. The van der Waals surface area contributed by atoms with E-state index in [1.165, 1.54) is 244 Å². The van der Waals surface area contributed by atoms with Crippen molar-refractivity contribution in [1.82, 2.24) is 0 Å². The van der Waals surface area contributed by atoms with E-state index in [-0.39, 0.29) is 25.7 Å². The highest BCUT2D eigenvalue weighted by molar-refractivity contribution is 7.47. The van der Waals surface area contributed by atoms with Gasteiger partial charge in [0.1, 0.15) is 19.3 Å². The van der Waals surface area contributed by atoms with E-state index in [1.807, 2.05) is 0 Å². The zero-order valence-electron chi connectivity index (χ0n) is 65.5. The largest absolute Gasteiger partial charge is 0.472 e. The third-order valence-electron chi connectivity index (χ3n) is 19.0. The van der Waals surface area contributed by atoms with Crippen molar-refractivity contribution in [2.24, 2.45) is 11.8 Å². The van der Waals surface area contributed by atoms with Gasteiger partial charge in [-0.3, -0.25) is 37.3 Å². The predicted molar refractivity (Wildman–Crippen MR) is 409 cm³/mol. The van der Waals surface area contributed by atoms with E-state index in [9.17, 15) is 43.2 Å². The minimum Gasteiger partial charge on any atom is -0.462 e. The fourth-order valence-corrected chi connectivity index (χ4v) is 14.1. The summed E-state index contributed by atoms with van der Waals surface area (Å²) in [5.41, 5.74) is 0. The number of hydrogen-bond donors (Lipinski definition) is 3. The number of aliphatic hydroxyl groups is 1. The van der Waals surface area contributed by atoms with Gasteiger partial charge >= 0.3 is 39.5 Å². The van der Waals surface area contributed by atoms with Gasteiger partial charge in [0.2, 0.25) is 0 Å².